The molecule has 0 saturated carbocycles. The van der Waals surface area contributed by atoms with Crippen LogP contribution in [0.25, 0.3) is 0 Å². The number of nitrogens with zero attached hydrogens (tertiary/aromatic N) is 1. The zero-order chi connectivity index (χ0) is 17.7. The Hall–Kier alpha value is -3.42. The third-order valence-electron chi connectivity index (χ3n) is 3.18. The van der Waals surface area contributed by atoms with Crippen molar-refractivity contribution in [3.05, 3.63) is 64.2 Å². The van der Waals surface area contributed by atoms with E-state index >= 15 is 0 Å². The summed E-state index contributed by atoms with van der Waals surface area (Å²) in [6.45, 7) is 1.51. The molecule has 8 nitrogen and oxygen atoms in total. The summed E-state index contributed by atoms with van der Waals surface area (Å²) in [6, 6.07) is 11.8. The van der Waals surface area contributed by atoms with Crippen molar-refractivity contribution in [1.29, 1.82) is 0 Å². The summed E-state index contributed by atoms with van der Waals surface area (Å²) in [5.74, 6) is -0.739. The van der Waals surface area contributed by atoms with Crippen molar-refractivity contribution >= 4 is 23.2 Å². The van der Waals surface area contributed by atoms with E-state index in [-0.39, 0.29) is 11.4 Å². The van der Waals surface area contributed by atoms with Gasteiger partial charge in [0.1, 0.15) is 11.4 Å². The van der Waals surface area contributed by atoms with E-state index in [0.29, 0.717) is 11.3 Å². The van der Waals surface area contributed by atoms with Gasteiger partial charge in [0.15, 0.2) is 6.10 Å². The van der Waals surface area contributed by atoms with Crippen LogP contribution in [0.4, 0.5) is 11.4 Å². The summed E-state index contributed by atoms with van der Waals surface area (Å²) in [5.41, 5.74) is 5.34. The molecule has 0 aliphatic heterocycles. The fraction of sp³-hybridized carbons (Fsp3) is 0.125. The van der Waals surface area contributed by atoms with E-state index in [1.54, 1.807) is 6.07 Å². The predicted molar refractivity (Wildman–Crippen MR) is 86.8 cm³/mol. The van der Waals surface area contributed by atoms with Gasteiger partial charge in [-0.15, -0.1) is 0 Å². The van der Waals surface area contributed by atoms with Gasteiger partial charge in [0, 0.05) is 11.6 Å². The van der Waals surface area contributed by atoms with Gasteiger partial charge in [-0.25, -0.2) is 0 Å². The first-order valence-corrected chi connectivity index (χ1v) is 6.99. The quantitative estimate of drug-likeness (QED) is 0.620. The molecule has 0 bridgehead atoms. The molecule has 0 heterocycles. The zero-order valence-electron chi connectivity index (χ0n) is 12.8. The lowest BCUT2D eigenvalue weighted by molar-refractivity contribution is -0.383. The van der Waals surface area contributed by atoms with E-state index in [0.717, 1.165) is 0 Å². The predicted octanol–water partition coefficient (Wildman–Crippen LogP) is 2.10. The van der Waals surface area contributed by atoms with Gasteiger partial charge in [0.05, 0.1) is 4.92 Å². The molecule has 0 radical (unpaired) electrons. The maximum atomic E-state index is 12.1. The maximum Gasteiger partial charge on any atom is 0.292 e. The molecule has 0 fully saturated rings. The number of rotatable bonds is 6. The Morgan fingerprint density at radius 2 is 1.79 bits per heavy atom. The lowest BCUT2D eigenvalue weighted by atomic mass is 10.2. The lowest BCUT2D eigenvalue weighted by Crippen LogP contribution is -2.30. The number of hydrogen-bond donors (Lipinski definition) is 2. The monoisotopic (exact) mass is 329 g/mol. The molecule has 2 amide bonds. The van der Waals surface area contributed by atoms with Gasteiger partial charge in [-0.2, -0.15) is 0 Å². The molecule has 2 aromatic rings. The number of anilines is 1. The maximum absolute atomic E-state index is 12.1. The van der Waals surface area contributed by atoms with E-state index in [1.807, 2.05) is 0 Å². The van der Waals surface area contributed by atoms with Crippen LogP contribution in [0.5, 0.6) is 5.75 Å². The Bertz CT molecular complexity index is 774. The van der Waals surface area contributed by atoms with E-state index in [1.165, 1.54) is 49.4 Å². The highest BCUT2D eigenvalue weighted by atomic mass is 16.6. The van der Waals surface area contributed by atoms with Crippen LogP contribution in [0.2, 0.25) is 0 Å². The SMILES string of the molecule is C[C@H](Oc1ccc(C(N)=O)cc1)C(=O)Nc1ccccc1[N+](=O)[O-]. The molecule has 8 heteroatoms. The minimum absolute atomic E-state index is 0.0898. The first-order valence-electron chi connectivity index (χ1n) is 6.99. The van der Waals surface area contributed by atoms with Gasteiger partial charge in [-0.3, -0.25) is 19.7 Å². The molecular formula is C16H15N3O5. The van der Waals surface area contributed by atoms with Crippen molar-refractivity contribution in [1.82, 2.24) is 0 Å². The van der Waals surface area contributed by atoms with Crippen LogP contribution in [0.3, 0.4) is 0 Å². The van der Waals surface area contributed by atoms with Crippen LogP contribution in [0, 0.1) is 10.1 Å². The molecule has 0 saturated heterocycles. The van der Waals surface area contributed by atoms with Gasteiger partial charge in [0.2, 0.25) is 5.91 Å². The molecule has 124 valence electrons. The topological polar surface area (TPSA) is 125 Å². The van der Waals surface area contributed by atoms with Crippen LogP contribution >= 0.6 is 0 Å². The van der Waals surface area contributed by atoms with Gasteiger partial charge in [-0.05, 0) is 37.3 Å². The number of nitrogens with two attached hydrogens (primary N) is 1. The number of benzene rings is 2. The first kappa shape index (κ1) is 16.9. The normalized spacial score (nSPS) is 11.4. The number of carbonyl (C=O) groups excluding carboxylic acids is 2. The number of para-hydroxylation sites is 2. The number of amides is 2. The second kappa shape index (κ2) is 7.23. The van der Waals surface area contributed by atoms with Crippen molar-refractivity contribution in [3.8, 4) is 5.75 Å². The third-order valence-corrected chi connectivity index (χ3v) is 3.18. The number of hydrogen-bond acceptors (Lipinski definition) is 5. The number of ether oxygens (including phenoxy) is 1. The Labute approximate surface area is 137 Å². The molecule has 0 aliphatic rings. The van der Waals surface area contributed by atoms with Gasteiger partial charge in [0.25, 0.3) is 11.6 Å². The van der Waals surface area contributed by atoms with Crippen molar-refractivity contribution < 1.29 is 19.2 Å². The van der Waals surface area contributed by atoms with Crippen LogP contribution < -0.4 is 15.8 Å². The number of nitro groups is 1. The summed E-state index contributed by atoms with van der Waals surface area (Å²) in [7, 11) is 0. The highest BCUT2D eigenvalue weighted by Gasteiger charge is 2.19. The number of carbonyl (C=O) groups is 2. The smallest absolute Gasteiger partial charge is 0.292 e. The number of nitrogens with one attached hydrogen (secondary N) is 1. The van der Waals surface area contributed by atoms with Crippen molar-refractivity contribution in [2.45, 2.75) is 13.0 Å². The number of primary amides is 1. The van der Waals surface area contributed by atoms with E-state index < -0.39 is 22.8 Å². The molecule has 1 atom stereocenters. The van der Waals surface area contributed by atoms with Gasteiger partial charge in [-0.1, -0.05) is 12.1 Å². The van der Waals surface area contributed by atoms with Crippen LogP contribution in [-0.2, 0) is 4.79 Å². The average Bonchev–Trinajstić information content (AvgIpc) is 2.55. The molecular weight excluding hydrogens is 314 g/mol. The summed E-state index contributed by atoms with van der Waals surface area (Å²) < 4.78 is 5.45. The highest BCUT2D eigenvalue weighted by Crippen LogP contribution is 2.23. The van der Waals surface area contributed by atoms with Crippen LogP contribution in [0.1, 0.15) is 17.3 Å². The molecule has 0 aromatic heterocycles. The lowest BCUT2D eigenvalue weighted by Gasteiger charge is -2.15. The number of nitro benzene ring substituents is 1. The second-order valence-electron chi connectivity index (χ2n) is 4.91. The Kier molecular flexibility index (Phi) is 5.10. The molecule has 0 spiro atoms. The van der Waals surface area contributed by atoms with Crippen LogP contribution in [0.15, 0.2) is 48.5 Å². The van der Waals surface area contributed by atoms with Gasteiger partial charge >= 0.3 is 0 Å². The third kappa shape index (κ3) is 4.07. The Morgan fingerprint density at radius 3 is 2.38 bits per heavy atom. The van der Waals surface area contributed by atoms with Crippen molar-refractivity contribution in [2.75, 3.05) is 5.32 Å². The van der Waals surface area contributed by atoms with Crippen molar-refractivity contribution in [2.24, 2.45) is 5.73 Å². The molecule has 2 aromatic carbocycles. The second-order valence-corrected chi connectivity index (χ2v) is 4.91. The Morgan fingerprint density at radius 1 is 1.17 bits per heavy atom. The average molecular weight is 329 g/mol. The zero-order valence-corrected chi connectivity index (χ0v) is 12.8. The molecule has 24 heavy (non-hydrogen) atoms. The van der Waals surface area contributed by atoms with E-state index in [4.69, 9.17) is 10.5 Å². The molecule has 2 rings (SSSR count). The van der Waals surface area contributed by atoms with Crippen LogP contribution in [-0.4, -0.2) is 22.8 Å². The standard InChI is InChI=1S/C16H15N3O5/c1-10(24-12-8-6-11(7-9-12)15(17)20)16(21)18-13-4-2-3-5-14(13)19(22)23/h2-10H,1H3,(H2,17,20)(H,18,21)/t10-/m0/s1. The minimum atomic E-state index is -0.899. The summed E-state index contributed by atoms with van der Waals surface area (Å²) >= 11 is 0. The van der Waals surface area contributed by atoms with E-state index in [2.05, 4.69) is 5.32 Å². The fourth-order valence-corrected chi connectivity index (χ4v) is 1.93. The summed E-state index contributed by atoms with van der Waals surface area (Å²) in [6.07, 6.45) is -0.899. The van der Waals surface area contributed by atoms with Gasteiger partial charge < -0.3 is 15.8 Å². The molecule has 0 unspecified atom stereocenters. The molecule has 3 N–H and O–H groups in total. The Balaban J connectivity index is 2.05. The van der Waals surface area contributed by atoms with E-state index in [9.17, 15) is 19.7 Å². The first-order chi connectivity index (χ1) is 11.4. The fourth-order valence-electron chi connectivity index (χ4n) is 1.93. The summed E-state index contributed by atoms with van der Waals surface area (Å²) in [5, 5.41) is 13.4. The largest absolute Gasteiger partial charge is 0.481 e. The minimum Gasteiger partial charge on any atom is -0.481 e. The van der Waals surface area contributed by atoms with Crippen molar-refractivity contribution in [3.63, 3.8) is 0 Å². The summed E-state index contributed by atoms with van der Waals surface area (Å²) in [4.78, 5) is 33.5. The highest BCUT2D eigenvalue weighted by molar-refractivity contribution is 5.96. The molecule has 0 aliphatic carbocycles.